The van der Waals surface area contributed by atoms with Crippen molar-refractivity contribution in [2.24, 2.45) is 0 Å². The molecule has 1 N–H and O–H groups in total. The van der Waals surface area contributed by atoms with Gasteiger partial charge < -0.3 is 4.74 Å². The average Bonchev–Trinajstić information content (AvgIpc) is 2.99. The van der Waals surface area contributed by atoms with Crippen LogP contribution in [0.15, 0.2) is 46.0 Å². The molecule has 0 saturated carbocycles. The van der Waals surface area contributed by atoms with Gasteiger partial charge in [-0.2, -0.15) is 11.3 Å². The van der Waals surface area contributed by atoms with Gasteiger partial charge in [-0.15, -0.1) is 0 Å². The van der Waals surface area contributed by atoms with E-state index in [0.717, 1.165) is 5.56 Å². The minimum Gasteiger partial charge on any atom is -0.465 e. The van der Waals surface area contributed by atoms with Crippen LogP contribution in [0.2, 0.25) is 0 Å². The molecule has 1 aromatic heterocycles. The molecule has 112 valence electrons. The third-order valence-electron chi connectivity index (χ3n) is 2.87. The number of esters is 1. The van der Waals surface area contributed by atoms with Crippen molar-refractivity contribution in [3.8, 4) is 0 Å². The molecule has 0 aliphatic heterocycles. The molecule has 0 aliphatic carbocycles. The Labute approximate surface area is 127 Å². The molecule has 0 spiro atoms. The highest BCUT2D eigenvalue weighted by atomic mass is 32.2. The summed E-state index contributed by atoms with van der Waals surface area (Å²) in [5, 5.41) is 3.94. The minimum atomic E-state index is -3.56. The van der Waals surface area contributed by atoms with Crippen LogP contribution in [0.4, 0.5) is 0 Å². The van der Waals surface area contributed by atoms with Crippen molar-refractivity contribution in [3.05, 3.63) is 52.2 Å². The monoisotopic (exact) mass is 325 g/mol. The average molecular weight is 325 g/mol. The molecule has 0 atom stereocenters. The summed E-state index contributed by atoms with van der Waals surface area (Å²) >= 11 is 1.58. The van der Waals surface area contributed by atoms with Crippen LogP contribution in [-0.4, -0.2) is 28.0 Å². The topological polar surface area (TPSA) is 72.5 Å². The standard InChI is InChI=1S/C14H15NO4S2/c1-19-14(16)12-2-4-13(5-3-12)21(17,18)15-8-6-11-7-9-20-10-11/h2-5,7,9-10,15H,6,8H2,1H3. The predicted octanol–water partition coefficient (Wildman–Crippen LogP) is 2.06. The highest BCUT2D eigenvalue weighted by molar-refractivity contribution is 7.89. The Kier molecular flexibility index (Phi) is 5.11. The van der Waals surface area contributed by atoms with Crippen LogP contribution >= 0.6 is 11.3 Å². The van der Waals surface area contributed by atoms with Gasteiger partial charge in [-0.1, -0.05) is 0 Å². The van der Waals surface area contributed by atoms with E-state index < -0.39 is 16.0 Å². The second-order valence-electron chi connectivity index (χ2n) is 4.30. The van der Waals surface area contributed by atoms with E-state index >= 15 is 0 Å². The van der Waals surface area contributed by atoms with E-state index in [1.165, 1.54) is 31.4 Å². The Morgan fingerprint density at radius 1 is 1.24 bits per heavy atom. The van der Waals surface area contributed by atoms with Crippen molar-refractivity contribution in [3.63, 3.8) is 0 Å². The van der Waals surface area contributed by atoms with E-state index in [9.17, 15) is 13.2 Å². The van der Waals surface area contributed by atoms with Gasteiger partial charge in [0, 0.05) is 6.54 Å². The summed E-state index contributed by atoms with van der Waals surface area (Å²) < 4.78 is 31.3. The molecule has 0 aliphatic rings. The molecule has 21 heavy (non-hydrogen) atoms. The second kappa shape index (κ2) is 6.84. The minimum absolute atomic E-state index is 0.125. The fourth-order valence-electron chi connectivity index (χ4n) is 1.74. The lowest BCUT2D eigenvalue weighted by atomic mass is 10.2. The molecule has 0 unspecified atom stereocenters. The number of hydrogen-bond acceptors (Lipinski definition) is 5. The summed E-state index contributed by atoms with van der Waals surface area (Å²) in [4.78, 5) is 11.4. The first kappa shape index (κ1) is 15.7. The van der Waals surface area contributed by atoms with Crippen LogP contribution < -0.4 is 4.72 Å². The van der Waals surface area contributed by atoms with E-state index in [0.29, 0.717) is 18.5 Å². The van der Waals surface area contributed by atoms with Gasteiger partial charge in [0.05, 0.1) is 17.6 Å². The number of hydrogen-bond donors (Lipinski definition) is 1. The van der Waals surface area contributed by atoms with Gasteiger partial charge >= 0.3 is 5.97 Å². The van der Waals surface area contributed by atoms with Gasteiger partial charge in [0.15, 0.2) is 0 Å². The Balaban J connectivity index is 2.00. The zero-order valence-corrected chi connectivity index (χ0v) is 13.0. The molecule has 7 heteroatoms. The number of rotatable bonds is 6. The lowest BCUT2D eigenvalue weighted by Crippen LogP contribution is -2.25. The summed E-state index contributed by atoms with van der Waals surface area (Å²) in [6.07, 6.45) is 0.642. The third kappa shape index (κ3) is 4.13. The number of sulfonamides is 1. The summed E-state index contributed by atoms with van der Waals surface area (Å²) in [6.45, 7) is 0.331. The SMILES string of the molecule is COC(=O)c1ccc(S(=O)(=O)NCCc2ccsc2)cc1. The first-order chi connectivity index (χ1) is 10.0. The maximum Gasteiger partial charge on any atom is 0.337 e. The molecule has 1 aromatic carbocycles. The number of carbonyl (C=O) groups is 1. The van der Waals surface area contributed by atoms with Gasteiger partial charge in [-0.05, 0) is 53.1 Å². The number of carbonyl (C=O) groups excluding carboxylic acids is 1. The van der Waals surface area contributed by atoms with Crippen molar-refractivity contribution in [1.82, 2.24) is 4.72 Å². The molecular formula is C14H15NO4S2. The number of thiophene rings is 1. The highest BCUT2D eigenvalue weighted by Crippen LogP contribution is 2.12. The van der Waals surface area contributed by atoms with Crippen molar-refractivity contribution in [2.45, 2.75) is 11.3 Å². The maximum atomic E-state index is 12.1. The van der Waals surface area contributed by atoms with Crippen LogP contribution in [-0.2, 0) is 21.2 Å². The largest absolute Gasteiger partial charge is 0.465 e. The van der Waals surface area contributed by atoms with Crippen LogP contribution in [0.5, 0.6) is 0 Å². The fourth-order valence-corrected chi connectivity index (χ4v) is 3.47. The van der Waals surface area contributed by atoms with E-state index in [1.54, 1.807) is 11.3 Å². The van der Waals surface area contributed by atoms with Crippen LogP contribution in [0.3, 0.4) is 0 Å². The fraction of sp³-hybridized carbons (Fsp3) is 0.214. The maximum absolute atomic E-state index is 12.1. The van der Waals surface area contributed by atoms with Crippen molar-refractivity contribution < 1.29 is 17.9 Å². The van der Waals surface area contributed by atoms with Gasteiger partial charge in [0.1, 0.15) is 0 Å². The molecule has 0 bridgehead atoms. The van der Waals surface area contributed by atoms with E-state index in [1.807, 2.05) is 16.8 Å². The second-order valence-corrected chi connectivity index (χ2v) is 6.84. The molecule has 5 nitrogen and oxygen atoms in total. The molecular weight excluding hydrogens is 310 g/mol. The summed E-state index contributed by atoms with van der Waals surface area (Å²) in [5.74, 6) is -0.496. The van der Waals surface area contributed by atoms with Crippen LogP contribution in [0.25, 0.3) is 0 Å². The third-order valence-corrected chi connectivity index (χ3v) is 5.08. The van der Waals surface area contributed by atoms with Gasteiger partial charge in [-0.3, -0.25) is 0 Å². The molecule has 2 rings (SSSR count). The predicted molar refractivity (Wildman–Crippen MR) is 81.0 cm³/mol. The number of benzene rings is 1. The van der Waals surface area contributed by atoms with E-state index in [4.69, 9.17) is 0 Å². The van der Waals surface area contributed by atoms with Crippen LogP contribution in [0, 0.1) is 0 Å². The summed E-state index contributed by atoms with van der Waals surface area (Å²) in [5.41, 5.74) is 1.42. The molecule has 0 amide bonds. The van der Waals surface area contributed by atoms with E-state index in [-0.39, 0.29) is 4.90 Å². The Hall–Kier alpha value is -1.70. The van der Waals surface area contributed by atoms with Crippen LogP contribution in [0.1, 0.15) is 15.9 Å². The molecule has 0 saturated heterocycles. The van der Waals surface area contributed by atoms with E-state index in [2.05, 4.69) is 9.46 Å². The smallest absolute Gasteiger partial charge is 0.337 e. The number of methoxy groups -OCH3 is 1. The Morgan fingerprint density at radius 3 is 2.52 bits per heavy atom. The zero-order valence-electron chi connectivity index (χ0n) is 11.4. The lowest BCUT2D eigenvalue weighted by Gasteiger charge is -2.07. The van der Waals surface area contributed by atoms with Gasteiger partial charge in [-0.25, -0.2) is 17.9 Å². The molecule has 1 heterocycles. The number of ether oxygens (including phenoxy) is 1. The summed E-state index contributed by atoms with van der Waals surface area (Å²) in [6, 6.07) is 7.60. The highest BCUT2D eigenvalue weighted by Gasteiger charge is 2.14. The Bertz CT molecular complexity index is 691. The summed E-state index contributed by atoms with van der Waals surface area (Å²) in [7, 11) is -2.28. The van der Waals surface area contributed by atoms with Gasteiger partial charge in [0.25, 0.3) is 0 Å². The van der Waals surface area contributed by atoms with Crippen molar-refractivity contribution in [1.29, 1.82) is 0 Å². The van der Waals surface area contributed by atoms with Crippen molar-refractivity contribution >= 4 is 27.3 Å². The van der Waals surface area contributed by atoms with Crippen molar-refractivity contribution in [2.75, 3.05) is 13.7 Å². The first-order valence-electron chi connectivity index (χ1n) is 6.22. The number of nitrogens with one attached hydrogen (secondary N) is 1. The molecule has 0 fully saturated rings. The molecule has 2 aromatic rings. The first-order valence-corrected chi connectivity index (χ1v) is 8.64. The van der Waals surface area contributed by atoms with Gasteiger partial charge in [0.2, 0.25) is 10.0 Å². The Morgan fingerprint density at radius 2 is 1.95 bits per heavy atom. The zero-order chi connectivity index (χ0) is 15.3. The quantitative estimate of drug-likeness (QED) is 0.825. The lowest BCUT2D eigenvalue weighted by molar-refractivity contribution is 0.0600. The molecule has 0 radical (unpaired) electrons. The normalized spacial score (nSPS) is 11.3.